The fourth-order valence-corrected chi connectivity index (χ4v) is 0.624. The number of aliphatic hydroxyl groups excluding tert-OH is 1. The van der Waals surface area contributed by atoms with Crippen molar-refractivity contribution < 1.29 is 9.50 Å². The maximum atomic E-state index is 12.2. The highest BCUT2D eigenvalue weighted by Crippen LogP contribution is 2.16. The second-order valence-electron chi connectivity index (χ2n) is 1.73. The topological polar surface area (TPSA) is 20.2 Å². The van der Waals surface area contributed by atoms with Crippen molar-refractivity contribution in [3.8, 4) is 0 Å². The predicted octanol–water partition coefficient (Wildman–Crippen LogP) is 2.08. The van der Waals surface area contributed by atoms with Gasteiger partial charge in [-0.1, -0.05) is 6.08 Å². The average molecular weight is 114 g/mol. The highest BCUT2D eigenvalue weighted by atomic mass is 19.1. The second kappa shape index (κ2) is 1.99. The van der Waals surface area contributed by atoms with Crippen molar-refractivity contribution in [1.82, 2.24) is 0 Å². The molecule has 0 atom stereocenters. The summed E-state index contributed by atoms with van der Waals surface area (Å²) in [4.78, 5) is 0. The third-order valence-electron chi connectivity index (χ3n) is 1.08. The average Bonchev–Trinajstić information content (AvgIpc) is 1.77. The van der Waals surface area contributed by atoms with Gasteiger partial charge in [-0.3, -0.25) is 0 Å². The molecule has 0 aromatic carbocycles. The van der Waals surface area contributed by atoms with Crippen LogP contribution in [0.1, 0.15) is 12.8 Å². The molecule has 0 aliphatic heterocycles. The molecule has 44 valence electrons. The van der Waals surface area contributed by atoms with Crippen molar-refractivity contribution in [2.75, 3.05) is 0 Å². The maximum Gasteiger partial charge on any atom is 0.146 e. The summed E-state index contributed by atoms with van der Waals surface area (Å²) in [5.41, 5.74) is 0. The summed E-state index contributed by atoms with van der Waals surface area (Å²) >= 11 is 0. The summed E-state index contributed by atoms with van der Waals surface area (Å²) in [6.45, 7) is 0. The molecule has 1 aliphatic carbocycles. The van der Waals surface area contributed by atoms with Gasteiger partial charge in [0.15, 0.2) is 0 Å². The van der Waals surface area contributed by atoms with Crippen molar-refractivity contribution in [3.05, 3.63) is 23.7 Å². The van der Waals surface area contributed by atoms with Gasteiger partial charge in [0, 0.05) is 6.42 Å². The van der Waals surface area contributed by atoms with Crippen LogP contribution in [0.25, 0.3) is 0 Å². The zero-order chi connectivity index (χ0) is 5.98. The molecule has 0 saturated heterocycles. The minimum atomic E-state index is -0.396. The van der Waals surface area contributed by atoms with Crippen molar-refractivity contribution in [2.24, 2.45) is 0 Å². The van der Waals surface area contributed by atoms with Crippen LogP contribution in [0.2, 0.25) is 0 Å². The molecule has 0 spiro atoms. The molecule has 1 aliphatic rings. The number of rotatable bonds is 0. The van der Waals surface area contributed by atoms with E-state index in [2.05, 4.69) is 0 Å². The predicted molar refractivity (Wildman–Crippen MR) is 29.1 cm³/mol. The zero-order valence-corrected chi connectivity index (χ0v) is 4.39. The van der Waals surface area contributed by atoms with Gasteiger partial charge >= 0.3 is 0 Å². The lowest BCUT2D eigenvalue weighted by Crippen LogP contribution is -1.87. The molecular weight excluding hydrogens is 107 g/mol. The van der Waals surface area contributed by atoms with Crippen molar-refractivity contribution in [2.45, 2.75) is 12.8 Å². The van der Waals surface area contributed by atoms with Crippen LogP contribution >= 0.6 is 0 Å². The van der Waals surface area contributed by atoms with Gasteiger partial charge < -0.3 is 5.11 Å². The summed E-state index contributed by atoms with van der Waals surface area (Å²) in [6.07, 6.45) is 4.19. The summed E-state index contributed by atoms with van der Waals surface area (Å²) in [7, 11) is 0. The van der Waals surface area contributed by atoms with E-state index in [9.17, 15) is 4.39 Å². The molecule has 0 amide bonds. The number of hydrogen-bond donors (Lipinski definition) is 1. The largest absolute Gasteiger partial charge is 0.505 e. The first-order chi connectivity index (χ1) is 3.80. The molecule has 0 fully saturated rings. The fourth-order valence-electron chi connectivity index (χ4n) is 0.624. The monoisotopic (exact) mass is 114 g/mol. The Morgan fingerprint density at radius 1 is 1.62 bits per heavy atom. The molecule has 2 heteroatoms. The van der Waals surface area contributed by atoms with Gasteiger partial charge in [0.25, 0.3) is 0 Å². The first-order valence-electron chi connectivity index (χ1n) is 2.55. The molecule has 1 N–H and O–H groups in total. The Balaban J connectivity index is 2.76. The molecule has 0 bridgehead atoms. The highest BCUT2D eigenvalue weighted by molar-refractivity contribution is 5.18. The number of allylic oxidation sites excluding steroid dienone is 3. The molecular formula is C6H7FO. The first kappa shape index (κ1) is 5.35. The van der Waals surface area contributed by atoms with Crippen molar-refractivity contribution in [3.63, 3.8) is 0 Å². The molecule has 0 saturated carbocycles. The highest BCUT2D eigenvalue weighted by Gasteiger charge is 2.03. The number of hydrogen-bond acceptors (Lipinski definition) is 1. The van der Waals surface area contributed by atoms with Crippen LogP contribution in [0.15, 0.2) is 23.7 Å². The molecule has 0 heterocycles. The van der Waals surface area contributed by atoms with Crippen LogP contribution in [-0.4, -0.2) is 5.11 Å². The molecule has 0 radical (unpaired) electrons. The lowest BCUT2D eigenvalue weighted by Gasteiger charge is -2.00. The van der Waals surface area contributed by atoms with Crippen LogP contribution in [0, 0.1) is 0 Å². The smallest absolute Gasteiger partial charge is 0.146 e. The Bertz CT molecular complexity index is 147. The van der Waals surface area contributed by atoms with Gasteiger partial charge in [0.2, 0.25) is 0 Å². The maximum absolute atomic E-state index is 12.2. The van der Waals surface area contributed by atoms with Crippen LogP contribution < -0.4 is 0 Å². The summed E-state index contributed by atoms with van der Waals surface area (Å²) < 4.78 is 12.2. The zero-order valence-electron chi connectivity index (χ0n) is 4.39. The van der Waals surface area contributed by atoms with Gasteiger partial charge in [-0.05, 0) is 12.5 Å². The van der Waals surface area contributed by atoms with E-state index in [1.54, 1.807) is 6.08 Å². The van der Waals surface area contributed by atoms with E-state index in [1.807, 2.05) is 0 Å². The molecule has 1 nitrogen and oxygen atoms in total. The summed E-state index contributed by atoms with van der Waals surface area (Å²) in [5, 5.41) is 8.60. The van der Waals surface area contributed by atoms with Crippen molar-refractivity contribution in [1.29, 1.82) is 0 Å². The van der Waals surface area contributed by atoms with Crippen molar-refractivity contribution >= 4 is 0 Å². The number of aliphatic hydroxyl groups is 1. The Kier molecular flexibility index (Phi) is 1.33. The lowest BCUT2D eigenvalue weighted by molar-refractivity contribution is 0.388. The Labute approximate surface area is 47.1 Å². The quantitative estimate of drug-likeness (QED) is 0.511. The fraction of sp³-hybridized carbons (Fsp3) is 0.333. The SMILES string of the molecule is OC1=C(F)CCC=C1. The second-order valence-corrected chi connectivity index (χ2v) is 1.73. The summed E-state index contributed by atoms with van der Waals surface area (Å²) in [6, 6.07) is 0. The molecule has 8 heavy (non-hydrogen) atoms. The minimum absolute atomic E-state index is 0.212. The van der Waals surface area contributed by atoms with E-state index >= 15 is 0 Å². The minimum Gasteiger partial charge on any atom is -0.505 e. The Morgan fingerprint density at radius 3 is 2.75 bits per heavy atom. The number of halogens is 1. The van der Waals surface area contributed by atoms with Gasteiger partial charge in [0.1, 0.15) is 11.6 Å². The van der Waals surface area contributed by atoms with Gasteiger partial charge in [-0.25, -0.2) is 4.39 Å². The van der Waals surface area contributed by atoms with Crippen LogP contribution in [0.3, 0.4) is 0 Å². The van der Waals surface area contributed by atoms with E-state index in [0.717, 1.165) is 0 Å². The van der Waals surface area contributed by atoms with Gasteiger partial charge in [-0.15, -0.1) is 0 Å². The van der Waals surface area contributed by atoms with Crippen LogP contribution in [0.4, 0.5) is 4.39 Å². The van der Waals surface area contributed by atoms with Gasteiger partial charge in [0.05, 0.1) is 0 Å². The van der Waals surface area contributed by atoms with E-state index < -0.39 is 5.83 Å². The first-order valence-corrected chi connectivity index (χ1v) is 2.55. The normalized spacial score (nSPS) is 19.6. The third-order valence-corrected chi connectivity index (χ3v) is 1.08. The van der Waals surface area contributed by atoms with Gasteiger partial charge in [-0.2, -0.15) is 0 Å². The van der Waals surface area contributed by atoms with Crippen LogP contribution in [0.5, 0.6) is 0 Å². The lowest BCUT2D eigenvalue weighted by atomic mass is 10.1. The Hall–Kier alpha value is -0.790. The standard InChI is InChI=1S/C6H7FO/c7-5-3-1-2-4-6(5)8/h2,4,8H,1,3H2. The van der Waals surface area contributed by atoms with E-state index in [4.69, 9.17) is 5.11 Å². The van der Waals surface area contributed by atoms with E-state index in [1.165, 1.54) is 6.08 Å². The van der Waals surface area contributed by atoms with Crippen LogP contribution in [-0.2, 0) is 0 Å². The Morgan fingerprint density at radius 2 is 2.38 bits per heavy atom. The molecule has 1 rings (SSSR count). The van der Waals surface area contributed by atoms with E-state index in [-0.39, 0.29) is 5.76 Å². The molecule has 0 aromatic heterocycles. The van der Waals surface area contributed by atoms with E-state index in [0.29, 0.717) is 12.8 Å². The molecule has 0 unspecified atom stereocenters. The third kappa shape index (κ3) is 0.886. The molecule has 0 aromatic rings. The summed E-state index contributed by atoms with van der Waals surface area (Å²) in [5.74, 6) is -0.608.